The predicted octanol–water partition coefficient (Wildman–Crippen LogP) is 3.15. The summed E-state index contributed by atoms with van der Waals surface area (Å²) in [5, 5.41) is 0. The highest BCUT2D eigenvalue weighted by Gasteiger charge is 2.69. The molecule has 0 spiro atoms. The zero-order valence-corrected chi connectivity index (χ0v) is 13.6. The van der Waals surface area contributed by atoms with Gasteiger partial charge >= 0.3 is 0 Å². The second kappa shape index (κ2) is 4.03. The fourth-order valence-corrected chi connectivity index (χ4v) is 7.20. The maximum Gasteiger partial charge on any atom is 0.164 e. The lowest BCUT2D eigenvalue weighted by Gasteiger charge is -2.58. The van der Waals surface area contributed by atoms with Crippen molar-refractivity contribution in [2.75, 3.05) is 0 Å². The van der Waals surface area contributed by atoms with Gasteiger partial charge < -0.3 is 4.74 Å². The summed E-state index contributed by atoms with van der Waals surface area (Å²) in [5.41, 5.74) is 0.146. The van der Waals surface area contributed by atoms with Crippen molar-refractivity contribution in [2.24, 2.45) is 34.5 Å². The molecule has 5 fully saturated rings. The first-order valence-electron chi connectivity index (χ1n) is 9.17. The van der Waals surface area contributed by atoms with Crippen LogP contribution in [-0.2, 0) is 14.3 Å². The second-order valence-corrected chi connectivity index (χ2v) is 9.08. The van der Waals surface area contributed by atoms with Crippen LogP contribution in [0.4, 0.5) is 0 Å². The average molecular weight is 302 g/mol. The summed E-state index contributed by atoms with van der Waals surface area (Å²) < 4.78 is 5.85. The lowest BCUT2D eigenvalue weighted by atomic mass is 9.45. The van der Waals surface area contributed by atoms with Crippen LogP contribution in [0.25, 0.3) is 0 Å². The Bertz CT molecular complexity index is 569. The zero-order chi connectivity index (χ0) is 15.3. The number of hydrogen-bond donors (Lipinski definition) is 0. The molecule has 0 aromatic heterocycles. The minimum Gasteiger partial charge on any atom is -0.361 e. The van der Waals surface area contributed by atoms with Crippen molar-refractivity contribution in [1.29, 1.82) is 0 Å². The Kier molecular flexibility index (Phi) is 2.51. The number of Topliss-reactive ketones (excluding diaryl/α,β-unsaturated/α-hetero) is 2. The Hall–Kier alpha value is -0.700. The molecule has 0 aromatic carbocycles. The Morgan fingerprint density at radius 1 is 1.05 bits per heavy atom. The third kappa shape index (κ3) is 1.43. The topological polar surface area (TPSA) is 46.7 Å². The van der Waals surface area contributed by atoms with E-state index in [4.69, 9.17) is 4.74 Å². The van der Waals surface area contributed by atoms with Gasteiger partial charge in [0.05, 0.1) is 6.10 Å². The number of carbonyl (C=O) groups is 2. The van der Waals surface area contributed by atoms with Crippen molar-refractivity contribution < 1.29 is 14.3 Å². The van der Waals surface area contributed by atoms with Crippen LogP contribution in [0.15, 0.2) is 0 Å². The van der Waals surface area contributed by atoms with Crippen molar-refractivity contribution in [2.45, 2.75) is 71.0 Å². The number of ether oxygens (including phenoxy) is 1. The van der Waals surface area contributed by atoms with Crippen LogP contribution < -0.4 is 0 Å². The van der Waals surface area contributed by atoms with Crippen molar-refractivity contribution in [1.82, 2.24) is 0 Å². The van der Waals surface area contributed by atoms with E-state index in [1.807, 2.05) is 0 Å². The molecule has 4 saturated carbocycles. The second-order valence-electron chi connectivity index (χ2n) is 9.08. The van der Waals surface area contributed by atoms with Crippen molar-refractivity contribution in [3.05, 3.63) is 0 Å². The van der Waals surface area contributed by atoms with Gasteiger partial charge in [-0.2, -0.15) is 0 Å². The van der Waals surface area contributed by atoms with E-state index in [1.165, 1.54) is 6.42 Å². The smallest absolute Gasteiger partial charge is 0.164 e. The molecule has 0 amide bonds. The number of carbonyl (C=O) groups excluding carboxylic acids is 2. The van der Waals surface area contributed by atoms with Crippen LogP contribution in [0, 0.1) is 34.5 Å². The molecular formula is C19H26O3. The standard InChI is InChI=1S/C19H26O3/c1-18-8-7-13-11(12(18)5-6-15(18)21)4-3-10-9-14(20)16-17(22-16)19(10,13)2/h10-13,16-17H,3-9H2,1-2H3/t10-,11+,12+,13+,16+,17+,18+,19+/m1/s1. The van der Waals surface area contributed by atoms with E-state index < -0.39 is 0 Å². The predicted molar refractivity (Wildman–Crippen MR) is 81.2 cm³/mol. The van der Waals surface area contributed by atoms with Gasteiger partial charge in [0.25, 0.3) is 0 Å². The van der Waals surface area contributed by atoms with Gasteiger partial charge in [-0.05, 0) is 55.8 Å². The Balaban J connectivity index is 1.51. The minimum absolute atomic E-state index is 0.0430. The van der Waals surface area contributed by atoms with Crippen LogP contribution in [0.2, 0.25) is 0 Å². The fourth-order valence-electron chi connectivity index (χ4n) is 7.20. The first-order chi connectivity index (χ1) is 10.5. The summed E-state index contributed by atoms with van der Waals surface area (Å²) in [4.78, 5) is 24.5. The lowest BCUT2D eigenvalue weighted by Crippen LogP contribution is -2.56. The maximum absolute atomic E-state index is 12.4. The van der Waals surface area contributed by atoms with E-state index in [-0.39, 0.29) is 23.0 Å². The zero-order valence-electron chi connectivity index (χ0n) is 13.6. The maximum atomic E-state index is 12.4. The molecule has 1 aliphatic heterocycles. The van der Waals surface area contributed by atoms with Gasteiger partial charge in [0.2, 0.25) is 0 Å². The molecule has 3 nitrogen and oxygen atoms in total. The summed E-state index contributed by atoms with van der Waals surface area (Å²) in [6.07, 6.45) is 7.35. The van der Waals surface area contributed by atoms with Gasteiger partial charge in [-0.15, -0.1) is 0 Å². The molecule has 5 rings (SSSR count). The van der Waals surface area contributed by atoms with Crippen LogP contribution in [0.1, 0.15) is 58.8 Å². The molecule has 22 heavy (non-hydrogen) atoms. The van der Waals surface area contributed by atoms with E-state index in [0.29, 0.717) is 35.2 Å². The summed E-state index contributed by atoms with van der Waals surface area (Å²) in [6.45, 7) is 4.64. The molecular weight excluding hydrogens is 276 g/mol. The lowest BCUT2D eigenvalue weighted by molar-refractivity contribution is -0.141. The number of fused-ring (bicyclic) bond motifs is 7. The molecule has 1 heterocycles. The molecule has 8 atom stereocenters. The molecule has 120 valence electrons. The number of epoxide rings is 1. The molecule has 5 aliphatic rings. The molecule has 0 aromatic rings. The highest BCUT2D eigenvalue weighted by molar-refractivity contribution is 5.88. The third-order valence-electron chi connectivity index (χ3n) is 8.54. The largest absolute Gasteiger partial charge is 0.361 e. The average Bonchev–Trinajstić information content (AvgIpc) is 3.24. The quantitative estimate of drug-likeness (QED) is 0.646. The van der Waals surface area contributed by atoms with Gasteiger partial charge in [0, 0.05) is 23.7 Å². The van der Waals surface area contributed by atoms with Gasteiger partial charge in [0.1, 0.15) is 11.9 Å². The molecule has 0 radical (unpaired) electrons. The summed E-state index contributed by atoms with van der Waals surface area (Å²) in [6, 6.07) is 0. The SMILES string of the molecule is C[C@]12[C@H](CC[C@@H]3[C@@H]1CC[C@]1(C)C(=O)CC[C@@H]31)CC(=O)[C@@H]1O[C@@H]12. The van der Waals surface area contributed by atoms with Gasteiger partial charge in [-0.25, -0.2) is 0 Å². The summed E-state index contributed by atoms with van der Waals surface area (Å²) in [5.74, 6) is 3.32. The van der Waals surface area contributed by atoms with Gasteiger partial charge in [-0.1, -0.05) is 13.8 Å². The van der Waals surface area contributed by atoms with E-state index >= 15 is 0 Å². The molecule has 0 unspecified atom stereocenters. The van der Waals surface area contributed by atoms with Crippen LogP contribution >= 0.6 is 0 Å². The molecule has 0 N–H and O–H groups in total. The van der Waals surface area contributed by atoms with Crippen LogP contribution in [0.3, 0.4) is 0 Å². The minimum atomic E-state index is -0.0847. The highest BCUT2D eigenvalue weighted by atomic mass is 16.6. The molecule has 1 saturated heterocycles. The Morgan fingerprint density at radius 3 is 2.68 bits per heavy atom. The fraction of sp³-hybridized carbons (Fsp3) is 0.895. The highest BCUT2D eigenvalue weighted by Crippen LogP contribution is 2.67. The molecule has 4 aliphatic carbocycles. The first-order valence-corrected chi connectivity index (χ1v) is 9.17. The van der Waals surface area contributed by atoms with Gasteiger partial charge in [0.15, 0.2) is 5.78 Å². The van der Waals surface area contributed by atoms with E-state index in [0.717, 1.165) is 38.5 Å². The first kappa shape index (κ1) is 13.7. The van der Waals surface area contributed by atoms with E-state index in [2.05, 4.69) is 13.8 Å². The number of rotatable bonds is 0. The summed E-state index contributed by atoms with van der Waals surface area (Å²) >= 11 is 0. The normalized spacial score (nSPS) is 59.4. The summed E-state index contributed by atoms with van der Waals surface area (Å²) in [7, 11) is 0. The van der Waals surface area contributed by atoms with Gasteiger partial charge in [-0.3, -0.25) is 9.59 Å². The number of hydrogen-bond acceptors (Lipinski definition) is 3. The van der Waals surface area contributed by atoms with Crippen molar-refractivity contribution in [3.63, 3.8) is 0 Å². The molecule has 0 bridgehead atoms. The van der Waals surface area contributed by atoms with E-state index in [1.54, 1.807) is 0 Å². The van der Waals surface area contributed by atoms with Crippen LogP contribution in [0.5, 0.6) is 0 Å². The third-order valence-corrected chi connectivity index (χ3v) is 8.54. The van der Waals surface area contributed by atoms with Crippen molar-refractivity contribution >= 4 is 11.6 Å². The Morgan fingerprint density at radius 2 is 1.86 bits per heavy atom. The monoisotopic (exact) mass is 302 g/mol. The van der Waals surface area contributed by atoms with E-state index in [9.17, 15) is 9.59 Å². The van der Waals surface area contributed by atoms with Crippen molar-refractivity contribution in [3.8, 4) is 0 Å². The number of ketones is 2. The Labute approximate surface area is 132 Å². The van der Waals surface area contributed by atoms with Crippen LogP contribution in [-0.4, -0.2) is 23.8 Å². The molecule has 3 heteroatoms.